The van der Waals surface area contributed by atoms with E-state index in [-0.39, 0.29) is 12.4 Å². The van der Waals surface area contributed by atoms with Crippen LogP contribution in [0.1, 0.15) is 24.8 Å². The maximum Gasteiger partial charge on any atom is 0.132 e. The minimum absolute atomic E-state index is 0. The Kier molecular flexibility index (Phi) is 4.48. The van der Waals surface area contributed by atoms with Gasteiger partial charge in [-0.25, -0.2) is 4.68 Å². The number of aryl methyl sites for hydroxylation is 1. The van der Waals surface area contributed by atoms with Gasteiger partial charge >= 0.3 is 0 Å². The van der Waals surface area contributed by atoms with E-state index in [0.717, 1.165) is 18.8 Å². The molecular weight excluding hydrogens is 258 g/mol. The van der Waals surface area contributed by atoms with Crippen molar-refractivity contribution < 1.29 is 0 Å². The molecule has 0 amide bonds. The molecule has 0 atom stereocenters. The molecule has 2 aromatic rings. The summed E-state index contributed by atoms with van der Waals surface area (Å²) in [6.07, 6.45) is 5.83. The van der Waals surface area contributed by atoms with E-state index in [2.05, 4.69) is 47.3 Å². The van der Waals surface area contributed by atoms with Crippen LogP contribution in [0, 0.1) is 6.92 Å². The van der Waals surface area contributed by atoms with Crippen LogP contribution in [0.2, 0.25) is 0 Å². The molecular formula is C15H20ClN3. The van der Waals surface area contributed by atoms with Crippen LogP contribution in [0.3, 0.4) is 0 Å². The topological polar surface area (TPSA) is 21.1 Å². The van der Waals surface area contributed by atoms with Gasteiger partial charge in [-0.15, -0.1) is 12.4 Å². The molecule has 19 heavy (non-hydrogen) atoms. The molecule has 102 valence electrons. The number of hydrogen-bond donors (Lipinski definition) is 0. The first-order chi connectivity index (χ1) is 8.84. The number of anilines is 1. The highest BCUT2D eigenvalue weighted by Crippen LogP contribution is 2.22. The van der Waals surface area contributed by atoms with Crippen molar-refractivity contribution >= 4 is 18.2 Å². The third-order valence-corrected chi connectivity index (χ3v) is 3.58. The number of rotatable bonds is 2. The quantitative estimate of drug-likeness (QED) is 0.836. The zero-order valence-electron chi connectivity index (χ0n) is 11.2. The van der Waals surface area contributed by atoms with Crippen molar-refractivity contribution in [2.24, 2.45) is 0 Å². The molecule has 0 spiro atoms. The average molecular weight is 278 g/mol. The monoisotopic (exact) mass is 277 g/mol. The molecule has 1 aromatic heterocycles. The highest BCUT2D eigenvalue weighted by Gasteiger charge is 2.15. The number of piperidine rings is 1. The average Bonchev–Trinajstić information content (AvgIpc) is 2.90. The van der Waals surface area contributed by atoms with Crippen LogP contribution in [-0.4, -0.2) is 22.9 Å². The summed E-state index contributed by atoms with van der Waals surface area (Å²) in [5, 5.41) is 4.47. The van der Waals surface area contributed by atoms with Gasteiger partial charge in [0.25, 0.3) is 0 Å². The molecule has 1 fully saturated rings. The molecule has 0 saturated carbocycles. The minimum atomic E-state index is 0. The van der Waals surface area contributed by atoms with Crippen molar-refractivity contribution in [2.75, 3.05) is 18.0 Å². The Morgan fingerprint density at radius 3 is 2.32 bits per heavy atom. The summed E-state index contributed by atoms with van der Waals surface area (Å²) in [7, 11) is 0. The maximum absolute atomic E-state index is 4.47. The molecule has 1 aromatic carbocycles. The van der Waals surface area contributed by atoms with Gasteiger partial charge in [0.05, 0.1) is 11.9 Å². The molecule has 1 aliphatic heterocycles. The molecule has 1 saturated heterocycles. The summed E-state index contributed by atoms with van der Waals surface area (Å²) >= 11 is 0. The Bertz CT molecular complexity index is 512. The van der Waals surface area contributed by atoms with E-state index in [1.807, 2.05) is 10.9 Å². The van der Waals surface area contributed by atoms with E-state index in [4.69, 9.17) is 0 Å². The lowest BCUT2D eigenvalue weighted by atomic mass is 10.1. The Balaban J connectivity index is 0.00000133. The molecule has 0 aliphatic carbocycles. The largest absolute Gasteiger partial charge is 0.357 e. The van der Waals surface area contributed by atoms with E-state index in [9.17, 15) is 0 Å². The summed E-state index contributed by atoms with van der Waals surface area (Å²) in [6.45, 7) is 4.41. The molecule has 3 rings (SSSR count). The second-order valence-corrected chi connectivity index (χ2v) is 4.98. The standard InChI is InChI=1S/C15H19N3.ClH/c1-13-5-7-14(8-6-13)18-15(9-10-16-18)17-11-3-2-4-12-17;/h5-10H,2-4,11-12H2,1H3;1H. The normalized spacial score (nSPS) is 15.1. The van der Waals surface area contributed by atoms with E-state index in [1.54, 1.807) is 0 Å². The van der Waals surface area contributed by atoms with Crippen LogP contribution >= 0.6 is 12.4 Å². The fourth-order valence-corrected chi connectivity index (χ4v) is 2.54. The van der Waals surface area contributed by atoms with E-state index in [1.165, 1.54) is 30.6 Å². The van der Waals surface area contributed by atoms with Crippen molar-refractivity contribution in [3.05, 3.63) is 42.1 Å². The van der Waals surface area contributed by atoms with Gasteiger partial charge in [-0.2, -0.15) is 5.10 Å². The van der Waals surface area contributed by atoms with Crippen LogP contribution in [-0.2, 0) is 0 Å². The molecule has 0 unspecified atom stereocenters. The fraction of sp³-hybridized carbons (Fsp3) is 0.400. The van der Waals surface area contributed by atoms with Gasteiger partial charge in [0.1, 0.15) is 5.82 Å². The highest BCUT2D eigenvalue weighted by molar-refractivity contribution is 5.85. The number of nitrogens with zero attached hydrogens (tertiary/aromatic N) is 3. The second-order valence-electron chi connectivity index (χ2n) is 4.98. The van der Waals surface area contributed by atoms with Gasteiger partial charge in [0.2, 0.25) is 0 Å². The zero-order chi connectivity index (χ0) is 12.4. The predicted molar refractivity (Wildman–Crippen MR) is 81.6 cm³/mol. The zero-order valence-corrected chi connectivity index (χ0v) is 12.1. The SMILES string of the molecule is Cc1ccc(-n2nccc2N2CCCCC2)cc1.Cl. The second kappa shape index (κ2) is 6.11. The third kappa shape index (κ3) is 2.92. The highest BCUT2D eigenvalue weighted by atomic mass is 35.5. The Morgan fingerprint density at radius 1 is 0.947 bits per heavy atom. The van der Waals surface area contributed by atoms with Crippen LogP contribution in [0.4, 0.5) is 5.82 Å². The number of aromatic nitrogens is 2. The van der Waals surface area contributed by atoms with E-state index in [0.29, 0.717) is 0 Å². The molecule has 0 bridgehead atoms. The molecule has 1 aliphatic rings. The summed E-state index contributed by atoms with van der Waals surface area (Å²) in [4.78, 5) is 2.44. The number of benzene rings is 1. The van der Waals surface area contributed by atoms with Crippen molar-refractivity contribution in [3.8, 4) is 5.69 Å². The molecule has 2 heterocycles. The lowest BCUT2D eigenvalue weighted by Gasteiger charge is -2.28. The van der Waals surface area contributed by atoms with Gasteiger partial charge < -0.3 is 4.90 Å². The Labute approximate surface area is 120 Å². The fourth-order valence-electron chi connectivity index (χ4n) is 2.54. The first-order valence-corrected chi connectivity index (χ1v) is 6.70. The van der Waals surface area contributed by atoms with Gasteiger partial charge in [0, 0.05) is 19.2 Å². The first kappa shape index (κ1) is 13.9. The molecule has 4 heteroatoms. The lowest BCUT2D eigenvalue weighted by molar-refractivity contribution is 0.567. The Hall–Kier alpha value is -1.48. The molecule has 0 N–H and O–H groups in total. The van der Waals surface area contributed by atoms with Crippen molar-refractivity contribution in [3.63, 3.8) is 0 Å². The van der Waals surface area contributed by atoms with Crippen LogP contribution in [0.15, 0.2) is 36.5 Å². The van der Waals surface area contributed by atoms with E-state index >= 15 is 0 Å². The molecule has 0 radical (unpaired) electrons. The minimum Gasteiger partial charge on any atom is -0.357 e. The van der Waals surface area contributed by atoms with Crippen molar-refractivity contribution in [2.45, 2.75) is 26.2 Å². The van der Waals surface area contributed by atoms with Crippen LogP contribution in [0.25, 0.3) is 5.69 Å². The maximum atomic E-state index is 4.47. The smallest absolute Gasteiger partial charge is 0.132 e. The summed E-state index contributed by atoms with van der Waals surface area (Å²) in [6, 6.07) is 10.7. The number of hydrogen-bond acceptors (Lipinski definition) is 2. The van der Waals surface area contributed by atoms with Gasteiger partial charge in [-0.3, -0.25) is 0 Å². The predicted octanol–water partition coefficient (Wildman–Crippen LogP) is 3.59. The third-order valence-electron chi connectivity index (χ3n) is 3.58. The lowest BCUT2D eigenvalue weighted by Crippen LogP contribution is -2.31. The molecule has 3 nitrogen and oxygen atoms in total. The summed E-state index contributed by atoms with van der Waals surface area (Å²) < 4.78 is 2.05. The number of halogens is 1. The van der Waals surface area contributed by atoms with Crippen LogP contribution < -0.4 is 4.90 Å². The van der Waals surface area contributed by atoms with E-state index < -0.39 is 0 Å². The van der Waals surface area contributed by atoms with Gasteiger partial charge in [-0.1, -0.05) is 17.7 Å². The van der Waals surface area contributed by atoms with Gasteiger partial charge in [-0.05, 0) is 38.3 Å². The summed E-state index contributed by atoms with van der Waals surface area (Å²) in [5.74, 6) is 1.22. The van der Waals surface area contributed by atoms with Crippen molar-refractivity contribution in [1.82, 2.24) is 9.78 Å². The summed E-state index contributed by atoms with van der Waals surface area (Å²) in [5.41, 5.74) is 2.43. The van der Waals surface area contributed by atoms with Crippen molar-refractivity contribution in [1.29, 1.82) is 0 Å². The first-order valence-electron chi connectivity index (χ1n) is 6.70. The van der Waals surface area contributed by atoms with Crippen LogP contribution in [0.5, 0.6) is 0 Å². The Morgan fingerprint density at radius 2 is 1.63 bits per heavy atom. The van der Waals surface area contributed by atoms with Gasteiger partial charge in [0.15, 0.2) is 0 Å².